The molecule has 1 fully saturated rings. The van der Waals surface area contributed by atoms with Crippen LogP contribution in [0.5, 0.6) is 0 Å². The molecule has 1 amide bonds. The number of likely N-dealkylation sites (N-methyl/N-ethyl adjacent to an activating group) is 1. The summed E-state index contributed by atoms with van der Waals surface area (Å²) >= 11 is 6.20. The predicted molar refractivity (Wildman–Crippen MR) is 138 cm³/mol. The maximum Gasteiger partial charge on any atom is 0.237 e. The Morgan fingerprint density at radius 2 is 1.44 bits per heavy atom. The first-order valence-corrected chi connectivity index (χ1v) is 12.3. The number of piperidine rings is 1. The fourth-order valence-electron chi connectivity index (χ4n) is 5.16. The number of benzene rings is 3. The van der Waals surface area contributed by atoms with Crippen LogP contribution >= 0.6 is 11.6 Å². The van der Waals surface area contributed by atoms with Gasteiger partial charge in [0.1, 0.15) is 5.41 Å². The molecule has 3 aromatic rings. The molecule has 1 heterocycles. The van der Waals surface area contributed by atoms with E-state index in [0.29, 0.717) is 24.3 Å². The third-order valence-electron chi connectivity index (χ3n) is 7.17. The number of halogens is 1. The Morgan fingerprint density at radius 3 is 2.00 bits per heavy atom. The van der Waals surface area contributed by atoms with E-state index in [2.05, 4.69) is 4.90 Å². The molecule has 34 heavy (non-hydrogen) atoms. The monoisotopic (exact) mass is 476 g/mol. The molecule has 1 aliphatic heterocycles. The molecule has 0 aromatic heterocycles. The molecule has 178 valence electrons. The van der Waals surface area contributed by atoms with Gasteiger partial charge in [0.25, 0.3) is 0 Å². The summed E-state index contributed by atoms with van der Waals surface area (Å²) in [5.41, 5.74) is 1.30. The van der Waals surface area contributed by atoms with Gasteiger partial charge in [-0.25, -0.2) is 0 Å². The molecular weight excluding hydrogens is 444 g/mol. The molecule has 1 atom stereocenters. The molecule has 0 aliphatic carbocycles. The fraction of sp³-hybridized carbons (Fsp3) is 0.345. The summed E-state index contributed by atoms with van der Waals surface area (Å²) in [5, 5.41) is 11.9. The fourth-order valence-corrected chi connectivity index (χ4v) is 5.28. The Morgan fingerprint density at radius 1 is 0.912 bits per heavy atom. The first-order chi connectivity index (χ1) is 16.3. The lowest BCUT2D eigenvalue weighted by atomic mass is 9.70. The quantitative estimate of drug-likeness (QED) is 0.516. The van der Waals surface area contributed by atoms with E-state index in [4.69, 9.17) is 11.6 Å². The van der Waals surface area contributed by atoms with E-state index in [9.17, 15) is 9.90 Å². The van der Waals surface area contributed by atoms with Crippen molar-refractivity contribution >= 4 is 17.5 Å². The molecule has 1 N–H and O–H groups in total. The Bertz CT molecular complexity index is 1080. The van der Waals surface area contributed by atoms with Crippen LogP contribution in [-0.2, 0) is 15.8 Å². The highest BCUT2D eigenvalue weighted by Gasteiger charge is 2.43. The lowest BCUT2D eigenvalue weighted by Gasteiger charge is -2.41. The summed E-state index contributed by atoms with van der Waals surface area (Å²) in [5.74, 6) is 0.0545. The SMILES string of the molecule is CN(C)C(=O)C(CCN1CCC(O)(c2ccccc2)CC1)(c1ccccc1)c1ccc(Cl)cc1. The van der Waals surface area contributed by atoms with Crippen molar-refractivity contribution in [2.24, 2.45) is 0 Å². The Labute approximate surface area is 207 Å². The van der Waals surface area contributed by atoms with Crippen LogP contribution in [0.2, 0.25) is 5.02 Å². The van der Waals surface area contributed by atoms with Crippen molar-refractivity contribution in [3.8, 4) is 0 Å². The number of carbonyl (C=O) groups is 1. The minimum absolute atomic E-state index is 0.0545. The summed E-state index contributed by atoms with van der Waals surface area (Å²) in [6, 6.07) is 27.7. The Kier molecular flexibility index (Phi) is 7.42. The molecule has 3 aromatic carbocycles. The van der Waals surface area contributed by atoms with Gasteiger partial charge in [-0.3, -0.25) is 4.79 Å². The van der Waals surface area contributed by atoms with Gasteiger partial charge in [-0.1, -0.05) is 84.4 Å². The molecule has 1 aliphatic rings. The van der Waals surface area contributed by atoms with Crippen molar-refractivity contribution in [1.29, 1.82) is 0 Å². The van der Waals surface area contributed by atoms with Gasteiger partial charge in [-0.05, 0) is 54.6 Å². The standard InChI is InChI=1S/C29H33ClN2O2/c1-31(2)27(33)29(24-11-7-4-8-12-24,25-13-15-26(30)16-14-25)19-22-32-20-17-28(34,18-21-32)23-9-5-3-6-10-23/h3-16,34H,17-22H2,1-2H3. The molecule has 4 nitrogen and oxygen atoms in total. The maximum atomic E-state index is 13.8. The van der Waals surface area contributed by atoms with E-state index in [1.165, 1.54) is 0 Å². The largest absolute Gasteiger partial charge is 0.385 e. The third kappa shape index (κ3) is 4.90. The molecule has 0 bridgehead atoms. The van der Waals surface area contributed by atoms with Gasteiger partial charge >= 0.3 is 0 Å². The predicted octanol–water partition coefficient (Wildman–Crippen LogP) is 5.09. The van der Waals surface area contributed by atoms with E-state index in [1.807, 2.05) is 99.0 Å². The van der Waals surface area contributed by atoms with Crippen molar-refractivity contribution < 1.29 is 9.90 Å². The second-order valence-electron chi connectivity index (χ2n) is 9.47. The summed E-state index contributed by atoms with van der Waals surface area (Å²) in [4.78, 5) is 17.9. The second-order valence-corrected chi connectivity index (χ2v) is 9.90. The Balaban J connectivity index is 1.61. The zero-order valence-corrected chi connectivity index (χ0v) is 20.7. The zero-order chi connectivity index (χ0) is 24.2. The number of likely N-dealkylation sites (tertiary alicyclic amines) is 1. The average molecular weight is 477 g/mol. The van der Waals surface area contributed by atoms with Gasteiger partial charge in [-0.15, -0.1) is 0 Å². The highest BCUT2D eigenvalue weighted by Crippen LogP contribution is 2.39. The second kappa shape index (κ2) is 10.3. The van der Waals surface area contributed by atoms with E-state index in [-0.39, 0.29) is 5.91 Å². The molecule has 0 spiro atoms. The van der Waals surface area contributed by atoms with Crippen LogP contribution in [0.1, 0.15) is 36.0 Å². The maximum absolute atomic E-state index is 13.8. The van der Waals surface area contributed by atoms with E-state index >= 15 is 0 Å². The van der Waals surface area contributed by atoms with Gasteiger partial charge in [0.15, 0.2) is 0 Å². The number of rotatable bonds is 7. The normalized spacial score (nSPS) is 17.6. The van der Waals surface area contributed by atoms with E-state index < -0.39 is 11.0 Å². The molecule has 0 saturated carbocycles. The highest BCUT2D eigenvalue weighted by molar-refractivity contribution is 6.30. The van der Waals surface area contributed by atoms with Crippen molar-refractivity contribution in [1.82, 2.24) is 9.80 Å². The number of hydrogen-bond acceptors (Lipinski definition) is 3. The van der Waals surface area contributed by atoms with Gasteiger partial charge in [0, 0.05) is 32.2 Å². The average Bonchev–Trinajstić information content (AvgIpc) is 2.87. The first-order valence-electron chi connectivity index (χ1n) is 11.9. The molecule has 1 saturated heterocycles. The minimum Gasteiger partial charge on any atom is -0.385 e. The molecule has 0 radical (unpaired) electrons. The van der Waals surface area contributed by atoms with Gasteiger partial charge in [0.2, 0.25) is 5.91 Å². The van der Waals surface area contributed by atoms with Crippen LogP contribution in [0.4, 0.5) is 0 Å². The highest BCUT2D eigenvalue weighted by atomic mass is 35.5. The van der Waals surface area contributed by atoms with Gasteiger partial charge < -0.3 is 14.9 Å². The van der Waals surface area contributed by atoms with Crippen LogP contribution in [-0.4, -0.2) is 54.5 Å². The van der Waals surface area contributed by atoms with Crippen molar-refractivity contribution in [3.63, 3.8) is 0 Å². The van der Waals surface area contributed by atoms with Crippen LogP contribution in [0.25, 0.3) is 0 Å². The summed E-state index contributed by atoms with van der Waals surface area (Å²) in [6.07, 6.45) is 2.00. The van der Waals surface area contributed by atoms with Crippen molar-refractivity contribution in [2.45, 2.75) is 30.3 Å². The van der Waals surface area contributed by atoms with Crippen LogP contribution in [0, 0.1) is 0 Å². The van der Waals surface area contributed by atoms with E-state index in [0.717, 1.165) is 36.3 Å². The number of aliphatic hydroxyl groups is 1. The third-order valence-corrected chi connectivity index (χ3v) is 7.42. The number of amides is 1. The Hall–Kier alpha value is -2.66. The zero-order valence-electron chi connectivity index (χ0n) is 20.0. The van der Waals surface area contributed by atoms with E-state index in [1.54, 1.807) is 4.90 Å². The topological polar surface area (TPSA) is 43.8 Å². The number of carbonyl (C=O) groups excluding carboxylic acids is 1. The van der Waals surface area contributed by atoms with Crippen LogP contribution < -0.4 is 0 Å². The number of nitrogens with zero attached hydrogens (tertiary/aromatic N) is 2. The lowest BCUT2D eigenvalue weighted by Crippen LogP contribution is -2.48. The lowest BCUT2D eigenvalue weighted by molar-refractivity contribution is -0.133. The molecular formula is C29H33ClN2O2. The van der Waals surface area contributed by atoms with Crippen LogP contribution in [0.15, 0.2) is 84.9 Å². The minimum atomic E-state index is -0.817. The summed E-state index contributed by atoms with van der Waals surface area (Å²) in [6.45, 7) is 2.32. The summed E-state index contributed by atoms with van der Waals surface area (Å²) < 4.78 is 0. The smallest absolute Gasteiger partial charge is 0.237 e. The first kappa shape index (κ1) is 24.5. The number of hydrogen-bond donors (Lipinski definition) is 1. The van der Waals surface area contributed by atoms with Crippen molar-refractivity contribution in [2.75, 3.05) is 33.7 Å². The molecule has 5 heteroatoms. The van der Waals surface area contributed by atoms with Gasteiger partial charge in [0.05, 0.1) is 5.60 Å². The molecule has 4 rings (SSSR count). The molecule has 1 unspecified atom stereocenters. The summed E-state index contributed by atoms with van der Waals surface area (Å²) in [7, 11) is 3.63. The van der Waals surface area contributed by atoms with Gasteiger partial charge in [-0.2, -0.15) is 0 Å². The van der Waals surface area contributed by atoms with Crippen LogP contribution in [0.3, 0.4) is 0 Å². The van der Waals surface area contributed by atoms with Crippen molar-refractivity contribution in [3.05, 3.63) is 107 Å².